The Balaban J connectivity index is 2.07. The molecule has 0 aromatic carbocycles. The number of nitrogens with zero attached hydrogens (tertiary/aromatic N) is 2. The zero-order valence-corrected chi connectivity index (χ0v) is 11.2. The molecule has 2 aromatic heterocycles. The summed E-state index contributed by atoms with van der Waals surface area (Å²) in [6.45, 7) is 3.22. The summed E-state index contributed by atoms with van der Waals surface area (Å²) in [7, 11) is 1.96. The number of hydrogen-bond acceptors (Lipinski definition) is 3. The molecule has 0 bridgehead atoms. The third-order valence-corrected chi connectivity index (χ3v) is 3.62. The average Bonchev–Trinajstić information content (AvgIpc) is 2.95. The van der Waals surface area contributed by atoms with Crippen molar-refractivity contribution in [3.05, 3.63) is 40.3 Å². The smallest absolute Gasteiger partial charge is 0.0797 e. The minimum absolute atomic E-state index is 0.329. The monoisotopic (exact) mass is 249 g/mol. The molecule has 2 aromatic rings. The lowest BCUT2D eigenvalue weighted by molar-refractivity contribution is 0.513. The van der Waals surface area contributed by atoms with Crippen molar-refractivity contribution in [2.24, 2.45) is 7.05 Å². The van der Waals surface area contributed by atoms with Gasteiger partial charge in [-0.3, -0.25) is 4.68 Å². The second-order valence-corrected chi connectivity index (χ2v) is 5.24. The third kappa shape index (κ3) is 3.41. The number of nitrogens with one attached hydrogen (secondary N) is 1. The molecule has 2 heterocycles. The van der Waals surface area contributed by atoms with Gasteiger partial charge < -0.3 is 5.32 Å². The van der Waals surface area contributed by atoms with Crippen LogP contribution >= 0.6 is 11.3 Å². The van der Waals surface area contributed by atoms with Gasteiger partial charge in [-0.1, -0.05) is 13.0 Å². The second-order valence-electron chi connectivity index (χ2n) is 4.20. The number of aromatic nitrogens is 2. The van der Waals surface area contributed by atoms with E-state index in [0.717, 1.165) is 25.1 Å². The molecule has 2 rings (SSSR count). The van der Waals surface area contributed by atoms with Crippen LogP contribution in [0.3, 0.4) is 0 Å². The molecule has 92 valence electrons. The van der Waals surface area contributed by atoms with Gasteiger partial charge in [0.05, 0.1) is 11.7 Å². The molecular weight excluding hydrogens is 230 g/mol. The molecule has 0 aliphatic heterocycles. The van der Waals surface area contributed by atoms with E-state index in [2.05, 4.69) is 40.9 Å². The predicted molar refractivity (Wildman–Crippen MR) is 72.3 cm³/mol. The molecule has 0 aliphatic carbocycles. The highest BCUT2D eigenvalue weighted by Gasteiger charge is 2.14. The number of hydrogen-bond donors (Lipinski definition) is 1. The van der Waals surface area contributed by atoms with E-state index in [1.54, 1.807) is 0 Å². The Morgan fingerprint density at radius 2 is 2.35 bits per heavy atom. The molecule has 0 aliphatic rings. The molecule has 17 heavy (non-hydrogen) atoms. The maximum Gasteiger partial charge on any atom is 0.0797 e. The minimum atomic E-state index is 0.329. The molecule has 0 saturated heterocycles. The van der Waals surface area contributed by atoms with E-state index in [1.165, 1.54) is 4.88 Å². The Labute approximate surface area is 106 Å². The highest BCUT2D eigenvalue weighted by atomic mass is 32.1. The summed E-state index contributed by atoms with van der Waals surface area (Å²) in [5.74, 6) is 0. The zero-order chi connectivity index (χ0) is 12.1. The standard InChI is InChI=1S/C13H19N3S/c1-3-7-14-13(10-11-5-4-9-17-11)12-6-8-16(2)15-12/h4-6,8-9,13-14H,3,7,10H2,1-2H3. The Bertz CT molecular complexity index is 433. The molecule has 0 spiro atoms. The summed E-state index contributed by atoms with van der Waals surface area (Å²) in [4.78, 5) is 1.41. The van der Waals surface area contributed by atoms with E-state index in [-0.39, 0.29) is 0 Å². The van der Waals surface area contributed by atoms with Crippen LogP contribution in [0.2, 0.25) is 0 Å². The van der Waals surface area contributed by atoms with E-state index in [0.29, 0.717) is 6.04 Å². The van der Waals surface area contributed by atoms with Crippen molar-refractivity contribution in [2.45, 2.75) is 25.8 Å². The van der Waals surface area contributed by atoms with E-state index >= 15 is 0 Å². The van der Waals surface area contributed by atoms with Crippen LogP contribution in [0.5, 0.6) is 0 Å². The molecule has 1 atom stereocenters. The lowest BCUT2D eigenvalue weighted by Gasteiger charge is -2.15. The van der Waals surface area contributed by atoms with Crippen molar-refractivity contribution >= 4 is 11.3 Å². The first kappa shape index (κ1) is 12.3. The van der Waals surface area contributed by atoms with Crippen LogP contribution in [0.25, 0.3) is 0 Å². The summed E-state index contributed by atoms with van der Waals surface area (Å²) in [5.41, 5.74) is 1.13. The first-order valence-corrected chi connectivity index (χ1v) is 6.93. The first-order chi connectivity index (χ1) is 8.29. The van der Waals surface area contributed by atoms with Crippen molar-refractivity contribution in [3.8, 4) is 0 Å². The zero-order valence-electron chi connectivity index (χ0n) is 10.4. The SMILES string of the molecule is CCCNC(Cc1cccs1)c1ccn(C)n1. The molecule has 1 N–H and O–H groups in total. The van der Waals surface area contributed by atoms with Gasteiger partial charge in [-0.2, -0.15) is 5.10 Å². The van der Waals surface area contributed by atoms with Gasteiger partial charge >= 0.3 is 0 Å². The Hall–Kier alpha value is -1.13. The van der Waals surface area contributed by atoms with E-state index in [4.69, 9.17) is 0 Å². The summed E-state index contributed by atoms with van der Waals surface area (Å²) in [5, 5.41) is 10.2. The van der Waals surface area contributed by atoms with E-state index in [1.807, 2.05) is 29.3 Å². The van der Waals surface area contributed by atoms with Gasteiger partial charge in [-0.15, -0.1) is 11.3 Å². The van der Waals surface area contributed by atoms with Gasteiger partial charge in [-0.05, 0) is 30.5 Å². The van der Waals surface area contributed by atoms with Gasteiger partial charge in [0.1, 0.15) is 0 Å². The quantitative estimate of drug-likeness (QED) is 0.853. The third-order valence-electron chi connectivity index (χ3n) is 2.72. The molecule has 0 saturated carbocycles. The lowest BCUT2D eigenvalue weighted by atomic mass is 10.1. The van der Waals surface area contributed by atoms with Crippen LogP contribution in [0.4, 0.5) is 0 Å². The van der Waals surface area contributed by atoms with Gasteiger partial charge in [0.15, 0.2) is 0 Å². The van der Waals surface area contributed by atoms with Gasteiger partial charge in [-0.25, -0.2) is 0 Å². The topological polar surface area (TPSA) is 29.9 Å². The second kappa shape index (κ2) is 5.98. The fourth-order valence-electron chi connectivity index (χ4n) is 1.85. The Morgan fingerprint density at radius 3 is 2.94 bits per heavy atom. The molecule has 0 radical (unpaired) electrons. The number of rotatable bonds is 6. The highest BCUT2D eigenvalue weighted by molar-refractivity contribution is 7.09. The van der Waals surface area contributed by atoms with Crippen LogP contribution in [-0.2, 0) is 13.5 Å². The minimum Gasteiger partial charge on any atom is -0.308 e. The maximum absolute atomic E-state index is 4.50. The fraction of sp³-hybridized carbons (Fsp3) is 0.462. The average molecular weight is 249 g/mol. The molecular formula is C13H19N3S. The summed E-state index contributed by atoms with van der Waals surface area (Å²) in [6, 6.07) is 6.72. The summed E-state index contributed by atoms with van der Waals surface area (Å²) in [6.07, 6.45) is 4.17. The largest absolute Gasteiger partial charge is 0.308 e. The van der Waals surface area contributed by atoms with Crippen molar-refractivity contribution in [3.63, 3.8) is 0 Å². The van der Waals surface area contributed by atoms with Crippen molar-refractivity contribution in [2.75, 3.05) is 6.54 Å². The van der Waals surface area contributed by atoms with E-state index in [9.17, 15) is 0 Å². The summed E-state index contributed by atoms with van der Waals surface area (Å²) >= 11 is 1.81. The highest BCUT2D eigenvalue weighted by Crippen LogP contribution is 2.20. The van der Waals surface area contributed by atoms with Crippen LogP contribution in [0.1, 0.15) is 30.0 Å². The Kier molecular flexibility index (Phi) is 4.34. The van der Waals surface area contributed by atoms with E-state index < -0.39 is 0 Å². The van der Waals surface area contributed by atoms with Gasteiger partial charge in [0, 0.05) is 24.5 Å². The molecule has 0 fully saturated rings. The molecule has 0 amide bonds. The van der Waals surface area contributed by atoms with Gasteiger partial charge in [0.25, 0.3) is 0 Å². The fourth-order valence-corrected chi connectivity index (χ4v) is 2.60. The van der Waals surface area contributed by atoms with Crippen LogP contribution in [-0.4, -0.2) is 16.3 Å². The van der Waals surface area contributed by atoms with Gasteiger partial charge in [0.2, 0.25) is 0 Å². The van der Waals surface area contributed by atoms with Crippen LogP contribution in [0, 0.1) is 0 Å². The predicted octanol–water partition coefficient (Wildman–Crippen LogP) is 2.77. The summed E-state index contributed by atoms with van der Waals surface area (Å²) < 4.78 is 1.87. The molecule has 1 unspecified atom stereocenters. The van der Waals surface area contributed by atoms with Crippen LogP contribution in [0.15, 0.2) is 29.8 Å². The normalized spacial score (nSPS) is 12.8. The van der Waals surface area contributed by atoms with Crippen LogP contribution < -0.4 is 5.32 Å². The number of thiophene rings is 1. The maximum atomic E-state index is 4.50. The Morgan fingerprint density at radius 1 is 1.47 bits per heavy atom. The lowest BCUT2D eigenvalue weighted by Crippen LogP contribution is -2.24. The molecule has 4 heteroatoms. The van der Waals surface area contributed by atoms with Crippen molar-refractivity contribution < 1.29 is 0 Å². The van der Waals surface area contributed by atoms with Crippen molar-refractivity contribution in [1.82, 2.24) is 15.1 Å². The van der Waals surface area contributed by atoms with Crippen molar-refractivity contribution in [1.29, 1.82) is 0 Å². The number of aryl methyl sites for hydroxylation is 1. The molecule has 3 nitrogen and oxygen atoms in total. The first-order valence-electron chi connectivity index (χ1n) is 6.05.